The Morgan fingerprint density at radius 2 is 2.00 bits per heavy atom. The Balaban J connectivity index is 2.62. The molecule has 2 rings (SSSR count). The summed E-state index contributed by atoms with van der Waals surface area (Å²) in [6.45, 7) is 4.90. The molecule has 2 N–H and O–H groups in total. The van der Waals surface area contributed by atoms with E-state index in [2.05, 4.69) is 4.98 Å². The number of aromatic nitrogens is 1. The first-order valence-electron chi connectivity index (χ1n) is 6.71. The van der Waals surface area contributed by atoms with E-state index in [1.807, 2.05) is 13.8 Å². The van der Waals surface area contributed by atoms with Crippen molar-refractivity contribution in [1.82, 2.24) is 4.98 Å². The Kier molecular flexibility index (Phi) is 4.79. The highest BCUT2D eigenvalue weighted by Gasteiger charge is 2.24. The van der Waals surface area contributed by atoms with Crippen LogP contribution in [0, 0.1) is 10.1 Å². The molecule has 1 heterocycles. The van der Waals surface area contributed by atoms with Crippen LogP contribution in [0.25, 0.3) is 10.2 Å². The number of nitro benzene ring substituents is 1. The van der Waals surface area contributed by atoms with Gasteiger partial charge in [0.1, 0.15) is 4.70 Å². The molecule has 0 spiro atoms. The molecule has 0 fully saturated rings. The van der Waals surface area contributed by atoms with Crippen LogP contribution >= 0.6 is 11.3 Å². The lowest BCUT2D eigenvalue weighted by Crippen LogP contribution is -2.02. The number of non-ortho nitro benzene ring substituents is 1. The van der Waals surface area contributed by atoms with Gasteiger partial charge >= 0.3 is 0 Å². The van der Waals surface area contributed by atoms with Crippen molar-refractivity contribution in [2.45, 2.75) is 26.7 Å². The van der Waals surface area contributed by atoms with Gasteiger partial charge in [-0.3, -0.25) is 10.1 Å². The number of anilines is 1. The molecule has 0 unspecified atom stereocenters. The summed E-state index contributed by atoms with van der Waals surface area (Å²) in [6, 6.07) is 1.36. The number of nitrogen functional groups attached to an aromatic ring is 1. The second-order valence-electron chi connectivity index (χ2n) is 4.41. The van der Waals surface area contributed by atoms with E-state index in [0.717, 1.165) is 12.8 Å². The van der Waals surface area contributed by atoms with Crippen molar-refractivity contribution in [1.29, 1.82) is 0 Å². The summed E-state index contributed by atoms with van der Waals surface area (Å²) >= 11 is 1.17. The van der Waals surface area contributed by atoms with E-state index < -0.39 is 4.92 Å². The number of hydrogen-bond donors (Lipinski definition) is 1. The molecule has 114 valence electrons. The average molecular weight is 311 g/mol. The quantitative estimate of drug-likeness (QED) is 0.621. The second kappa shape index (κ2) is 6.57. The molecule has 0 aliphatic carbocycles. The number of fused-ring (bicyclic) bond motifs is 1. The van der Waals surface area contributed by atoms with E-state index in [1.165, 1.54) is 17.4 Å². The highest BCUT2D eigenvalue weighted by Crippen LogP contribution is 2.44. The van der Waals surface area contributed by atoms with Crippen LogP contribution in [-0.4, -0.2) is 23.1 Å². The molecule has 1 aromatic heterocycles. The van der Waals surface area contributed by atoms with Gasteiger partial charge in [0.25, 0.3) is 5.69 Å². The predicted molar refractivity (Wildman–Crippen MR) is 82.3 cm³/mol. The number of nitro groups is 1. The lowest BCUT2D eigenvalue weighted by molar-refractivity contribution is -0.383. The van der Waals surface area contributed by atoms with Crippen molar-refractivity contribution >= 4 is 32.4 Å². The number of hydrogen-bond acceptors (Lipinski definition) is 7. The summed E-state index contributed by atoms with van der Waals surface area (Å²) in [4.78, 5) is 14.8. The molecule has 0 saturated heterocycles. The van der Waals surface area contributed by atoms with Gasteiger partial charge in [-0.2, -0.15) is 0 Å². The van der Waals surface area contributed by atoms with Crippen LogP contribution in [0.1, 0.15) is 26.7 Å². The Bertz CT molecular complexity index is 656. The van der Waals surface area contributed by atoms with Gasteiger partial charge in [-0.1, -0.05) is 25.2 Å². The molecule has 0 atom stereocenters. The molecule has 0 bridgehead atoms. The Morgan fingerprint density at radius 1 is 1.33 bits per heavy atom. The molecule has 0 radical (unpaired) electrons. The first-order chi connectivity index (χ1) is 10.1. The molecular weight excluding hydrogens is 294 g/mol. The summed E-state index contributed by atoms with van der Waals surface area (Å²) < 4.78 is 11.9. The van der Waals surface area contributed by atoms with Crippen LogP contribution in [0.2, 0.25) is 0 Å². The van der Waals surface area contributed by atoms with E-state index in [4.69, 9.17) is 15.2 Å². The highest BCUT2D eigenvalue weighted by atomic mass is 32.1. The summed E-state index contributed by atoms with van der Waals surface area (Å²) in [7, 11) is 0. The number of nitrogens with zero attached hydrogens (tertiary/aromatic N) is 2. The molecular formula is C13H17N3O4S. The van der Waals surface area contributed by atoms with Gasteiger partial charge in [-0.05, 0) is 12.8 Å². The Hall–Kier alpha value is -2.09. The van der Waals surface area contributed by atoms with Crippen molar-refractivity contribution < 1.29 is 14.4 Å². The molecule has 0 saturated carbocycles. The van der Waals surface area contributed by atoms with E-state index in [9.17, 15) is 10.1 Å². The second-order valence-corrected chi connectivity index (χ2v) is 5.44. The number of ether oxygens (including phenoxy) is 2. The topological polar surface area (TPSA) is 101 Å². The lowest BCUT2D eigenvalue weighted by atomic mass is 10.2. The molecule has 0 aliphatic rings. The monoisotopic (exact) mass is 311 g/mol. The van der Waals surface area contributed by atoms with Gasteiger partial charge in [-0.15, -0.1) is 0 Å². The van der Waals surface area contributed by atoms with E-state index in [1.54, 1.807) is 0 Å². The minimum absolute atomic E-state index is 0.118. The van der Waals surface area contributed by atoms with E-state index >= 15 is 0 Å². The van der Waals surface area contributed by atoms with Crippen LogP contribution in [0.4, 0.5) is 10.8 Å². The highest BCUT2D eigenvalue weighted by molar-refractivity contribution is 7.22. The maximum atomic E-state index is 11.2. The Labute approximate surface area is 125 Å². The van der Waals surface area contributed by atoms with Crippen LogP contribution < -0.4 is 15.2 Å². The standard InChI is InChI=1S/C13H17N3O4S/c1-3-5-19-9-7-8(16(17)18)10-12(21-13(14)15-10)11(9)20-6-4-2/h7H,3-6H2,1-2H3,(H2,14,15). The molecule has 0 aliphatic heterocycles. The van der Waals surface area contributed by atoms with Crippen LogP contribution in [0.3, 0.4) is 0 Å². The largest absolute Gasteiger partial charge is 0.489 e. The third kappa shape index (κ3) is 3.15. The predicted octanol–water partition coefficient (Wildman–Crippen LogP) is 3.36. The third-order valence-corrected chi connectivity index (χ3v) is 3.58. The summed E-state index contributed by atoms with van der Waals surface area (Å²) in [6.07, 6.45) is 1.61. The van der Waals surface area contributed by atoms with Gasteiger partial charge in [0.15, 0.2) is 22.1 Å². The molecule has 8 heteroatoms. The fourth-order valence-electron chi connectivity index (χ4n) is 1.83. The summed E-state index contributed by atoms with van der Waals surface area (Å²) in [5.41, 5.74) is 5.83. The molecule has 21 heavy (non-hydrogen) atoms. The summed E-state index contributed by atoms with van der Waals surface area (Å²) in [5.74, 6) is 0.855. The third-order valence-electron chi connectivity index (χ3n) is 2.69. The smallest absolute Gasteiger partial charge is 0.300 e. The maximum Gasteiger partial charge on any atom is 0.300 e. The van der Waals surface area contributed by atoms with Gasteiger partial charge in [-0.25, -0.2) is 4.98 Å². The number of benzene rings is 1. The fraction of sp³-hybridized carbons (Fsp3) is 0.462. The van der Waals surface area contributed by atoms with Gasteiger partial charge in [0, 0.05) is 0 Å². The zero-order valence-electron chi connectivity index (χ0n) is 11.9. The first kappa shape index (κ1) is 15.3. The van der Waals surface area contributed by atoms with Crippen molar-refractivity contribution in [3.8, 4) is 11.5 Å². The fourth-order valence-corrected chi connectivity index (χ4v) is 2.68. The van der Waals surface area contributed by atoms with Crippen molar-refractivity contribution in [3.63, 3.8) is 0 Å². The van der Waals surface area contributed by atoms with E-state index in [0.29, 0.717) is 29.4 Å². The average Bonchev–Trinajstić information content (AvgIpc) is 2.83. The number of rotatable bonds is 7. The molecule has 2 aromatic rings. The zero-order chi connectivity index (χ0) is 15.4. The minimum Gasteiger partial charge on any atom is -0.489 e. The van der Waals surface area contributed by atoms with Crippen LogP contribution in [-0.2, 0) is 0 Å². The molecule has 1 aromatic carbocycles. The zero-order valence-corrected chi connectivity index (χ0v) is 12.7. The van der Waals surface area contributed by atoms with E-state index in [-0.39, 0.29) is 16.3 Å². The first-order valence-corrected chi connectivity index (χ1v) is 7.53. The minimum atomic E-state index is -0.482. The Morgan fingerprint density at radius 3 is 2.62 bits per heavy atom. The molecule has 0 amide bonds. The summed E-state index contributed by atoms with van der Waals surface area (Å²) in [5, 5.41) is 11.5. The molecule has 7 nitrogen and oxygen atoms in total. The van der Waals surface area contributed by atoms with Crippen LogP contribution in [0.15, 0.2) is 6.07 Å². The van der Waals surface area contributed by atoms with Crippen molar-refractivity contribution in [2.24, 2.45) is 0 Å². The normalized spacial score (nSPS) is 10.8. The van der Waals surface area contributed by atoms with Gasteiger partial charge in [0.2, 0.25) is 0 Å². The van der Waals surface area contributed by atoms with Gasteiger partial charge < -0.3 is 15.2 Å². The SMILES string of the molecule is CCCOc1cc([N+](=O)[O-])c2nc(N)sc2c1OCCC. The van der Waals surface area contributed by atoms with Crippen molar-refractivity contribution in [3.05, 3.63) is 16.2 Å². The number of nitrogens with two attached hydrogens (primary N) is 1. The van der Waals surface area contributed by atoms with Gasteiger partial charge in [0.05, 0.1) is 24.2 Å². The number of thiazole rings is 1. The maximum absolute atomic E-state index is 11.2. The van der Waals surface area contributed by atoms with Crippen molar-refractivity contribution in [2.75, 3.05) is 18.9 Å². The van der Waals surface area contributed by atoms with Crippen LogP contribution in [0.5, 0.6) is 11.5 Å². The lowest BCUT2D eigenvalue weighted by Gasteiger charge is -2.12.